The third kappa shape index (κ3) is 4.55. The molecule has 2 aromatic rings. The average molecular weight is 392 g/mol. The lowest BCUT2D eigenvalue weighted by Crippen LogP contribution is -2.44. The Morgan fingerprint density at radius 2 is 2.07 bits per heavy atom. The minimum atomic E-state index is -2.79. The van der Waals surface area contributed by atoms with Crippen molar-refractivity contribution in [3.05, 3.63) is 36.0 Å². The highest BCUT2D eigenvalue weighted by Crippen LogP contribution is 2.28. The van der Waals surface area contributed by atoms with Gasteiger partial charge in [-0.25, -0.2) is 18.4 Å². The zero-order valence-electron chi connectivity index (χ0n) is 15.1. The first-order valence-corrected chi connectivity index (χ1v) is 10.1. The maximum atomic E-state index is 11.7. The number of morpholine rings is 1. The number of nitrogens with two attached hydrogens (primary N) is 1. The van der Waals surface area contributed by atoms with Gasteiger partial charge in [0.1, 0.15) is 21.8 Å². The molecule has 3 N–H and O–H groups in total. The molecule has 0 radical (unpaired) electrons. The highest BCUT2D eigenvalue weighted by molar-refractivity contribution is 7.72. The van der Waals surface area contributed by atoms with Crippen LogP contribution in [0.25, 0.3) is 11.4 Å². The van der Waals surface area contributed by atoms with Crippen LogP contribution in [0.15, 0.2) is 30.3 Å². The zero-order valence-corrected chi connectivity index (χ0v) is 16.0. The van der Waals surface area contributed by atoms with Crippen molar-refractivity contribution in [2.75, 3.05) is 37.0 Å². The summed E-state index contributed by atoms with van der Waals surface area (Å²) >= 11 is 0. The molecule has 146 valence electrons. The first kappa shape index (κ1) is 19.5. The van der Waals surface area contributed by atoms with Crippen LogP contribution < -0.4 is 10.6 Å². The van der Waals surface area contributed by atoms with Crippen LogP contribution >= 0.6 is 0 Å². The van der Waals surface area contributed by atoms with Crippen LogP contribution in [0.3, 0.4) is 0 Å². The minimum absolute atomic E-state index is 0.0923. The third-order valence-corrected chi connectivity index (χ3v) is 5.59. The second-order valence-electron chi connectivity index (χ2n) is 6.53. The number of nitrogens with zero attached hydrogens (tertiary/aromatic N) is 3. The quantitative estimate of drug-likeness (QED) is 0.492. The van der Waals surface area contributed by atoms with E-state index in [1.54, 1.807) is 30.3 Å². The van der Waals surface area contributed by atoms with Gasteiger partial charge in [0, 0.05) is 30.5 Å². The number of thiol groups is 1. The van der Waals surface area contributed by atoms with Gasteiger partial charge in [-0.2, -0.15) is 0 Å². The molecule has 0 amide bonds. The minimum Gasteiger partial charge on any atom is -0.399 e. The van der Waals surface area contributed by atoms with Gasteiger partial charge < -0.3 is 20.5 Å². The molecule has 1 fully saturated rings. The smallest absolute Gasteiger partial charge is 0.161 e. The predicted octanol–water partition coefficient (Wildman–Crippen LogP) is 0.986. The number of hydrogen-bond acceptors (Lipinski definition) is 8. The monoisotopic (exact) mass is 392 g/mol. The second kappa shape index (κ2) is 8.64. The lowest BCUT2D eigenvalue weighted by molar-refractivity contribution is 0.0985. The van der Waals surface area contributed by atoms with Gasteiger partial charge in [-0.3, -0.25) is 0 Å². The lowest BCUT2D eigenvalue weighted by Gasteiger charge is -2.34. The fraction of sp³-hybridized carbons (Fsp3) is 0.444. The molecule has 2 atom stereocenters. The Bertz CT molecular complexity index is 849. The molecule has 1 aromatic heterocycles. The van der Waals surface area contributed by atoms with E-state index in [9.17, 15) is 13.5 Å². The molecule has 0 saturated carbocycles. The van der Waals surface area contributed by atoms with Crippen LogP contribution in [0, 0.1) is 0 Å². The number of benzene rings is 1. The molecule has 1 aromatic carbocycles. The van der Waals surface area contributed by atoms with Crippen LogP contribution in [0.5, 0.6) is 0 Å². The van der Waals surface area contributed by atoms with E-state index in [0.717, 1.165) is 5.56 Å². The summed E-state index contributed by atoms with van der Waals surface area (Å²) in [6.45, 7) is 3.61. The molecule has 0 aliphatic carbocycles. The summed E-state index contributed by atoms with van der Waals surface area (Å²) in [4.78, 5) is 11.2. The highest BCUT2D eigenvalue weighted by atomic mass is 32.2. The summed E-state index contributed by atoms with van der Waals surface area (Å²) in [7, 11) is -2.79. The summed E-state index contributed by atoms with van der Waals surface area (Å²) < 4.78 is 29.0. The molecule has 3 rings (SSSR count). The van der Waals surface area contributed by atoms with E-state index >= 15 is 0 Å². The molecule has 1 aliphatic rings. The van der Waals surface area contributed by atoms with Gasteiger partial charge in [-0.05, 0) is 37.6 Å². The van der Waals surface area contributed by atoms with Gasteiger partial charge in [0.15, 0.2) is 5.82 Å². The molecular formula is C18H24N4O4S. The molecule has 1 saturated heterocycles. The number of hydrogen-bond donors (Lipinski definition) is 3. The van der Waals surface area contributed by atoms with Crippen molar-refractivity contribution >= 4 is 22.2 Å². The fourth-order valence-corrected chi connectivity index (χ4v) is 3.76. The van der Waals surface area contributed by atoms with Gasteiger partial charge in [0.25, 0.3) is 0 Å². The molecule has 9 heteroatoms. The maximum Gasteiger partial charge on any atom is 0.161 e. The Hall–Kier alpha value is -2.23. The van der Waals surface area contributed by atoms with Crippen LogP contribution in [0.1, 0.15) is 24.3 Å². The molecule has 8 nitrogen and oxygen atoms in total. The molecule has 0 spiro atoms. The van der Waals surface area contributed by atoms with Gasteiger partial charge >= 0.3 is 0 Å². The van der Waals surface area contributed by atoms with Crippen molar-refractivity contribution in [3.63, 3.8) is 0 Å². The summed E-state index contributed by atoms with van der Waals surface area (Å²) in [5.74, 6) is 1.09. The van der Waals surface area contributed by atoms with E-state index in [2.05, 4.69) is 14.9 Å². The maximum absolute atomic E-state index is 11.7. The zero-order chi connectivity index (χ0) is 19.4. The van der Waals surface area contributed by atoms with Gasteiger partial charge in [0.2, 0.25) is 0 Å². The van der Waals surface area contributed by atoms with Crippen molar-refractivity contribution in [2.45, 2.75) is 24.6 Å². The van der Waals surface area contributed by atoms with Gasteiger partial charge in [-0.15, -0.1) is 0 Å². The molecule has 1 unspecified atom stereocenters. The van der Waals surface area contributed by atoms with E-state index in [1.165, 1.54) is 0 Å². The van der Waals surface area contributed by atoms with Crippen molar-refractivity contribution in [3.8, 4) is 11.4 Å². The van der Waals surface area contributed by atoms with Crippen molar-refractivity contribution in [2.24, 2.45) is 0 Å². The number of anilines is 2. The summed E-state index contributed by atoms with van der Waals surface area (Å²) in [5, 5.41) is 8.41. The lowest BCUT2D eigenvalue weighted by atomic mass is 10.1. The number of nitrogen functional groups attached to an aromatic ring is 1. The number of aromatic nitrogens is 2. The van der Waals surface area contributed by atoms with Crippen molar-refractivity contribution in [1.82, 2.24) is 9.97 Å². The van der Waals surface area contributed by atoms with Crippen LogP contribution in [0.2, 0.25) is 0 Å². The first-order chi connectivity index (χ1) is 13.0. The largest absolute Gasteiger partial charge is 0.399 e. The molecular weight excluding hydrogens is 368 g/mol. The summed E-state index contributed by atoms with van der Waals surface area (Å²) in [6, 6.07) is 8.92. The first-order valence-electron chi connectivity index (χ1n) is 8.83. The van der Waals surface area contributed by atoms with Crippen LogP contribution in [0.4, 0.5) is 11.5 Å². The average Bonchev–Trinajstić information content (AvgIpc) is 2.66. The summed E-state index contributed by atoms with van der Waals surface area (Å²) in [6.07, 6.45) is 0.0923. The Morgan fingerprint density at radius 3 is 2.70 bits per heavy atom. The van der Waals surface area contributed by atoms with E-state index in [0.29, 0.717) is 42.8 Å². The van der Waals surface area contributed by atoms with Gasteiger partial charge in [-0.1, -0.05) is 0 Å². The number of ether oxygens (including phenoxy) is 1. The van der Waals surface area contributed by atoms with Crippen LogP contribution in [-0.4, -0.2) is 55.9 Å². The van der Waals surface area contributed by atoms with Crippen molar-refractivity contribution < 1.29 is 18.3 Å². The number of aliphatic hydroxyl groups excluding tert-OH is 1. The van der Waals surface area contributed by atoms with E-state index in [-0.39, 0.29) is 19.1 Å². The fourth-order valence-electron chi connectivity index (χ4n) is 3.08. The third-order valence-electron chi connectivity index (χ3n) is 4.56. The SMILES string of the molecule is C[C@H]1COCCN1c1cc(C(CCO)[SH](=O)=O)nc(-c2ccc(N)cc2)n1. The highest BCUT2D eigenvalue weighted by Gasteiger charge is 2.24. The Morgan fingerprint density at radius 1 is 1.33 bits per heavy atom. The second-order valence-corrected chi connectivity index (χ2v) is 7.72. The van der Waals surface area contributed by atoms with Gasteiger partial charge in [0.05, 0.1) is 24.9 Å². The van der Waals surface area contributed by atoms with E-state index in [1.807, 2.05) is 6.92 Å². The summed E-state index contributed by atoms with van der Waals surface area (Å²) in [5.41, 5.74) is 7.51. The predicted molar refractivity (Wildman–Crippen MR) is 104 cm³/mol. The Balaban J connectivity index is 2.10. The van der Waals surface area contributed by atoms with E-state index < -0.39 is 16.0 Å². The topological polar surface area (TPSA) is 119 Å². The molecule has 27 heavy (non-hydrogen) atoms. The standard InChI is InChI=1S/C18H24N4O4S/c1-12-11-26-9-7-22(12)17-10-15(16(6-8-23)27(24)25)20-18(21-17)13-2-4-14(19)5-3-13/h2-5,10,12,16,23,27H,6-9,11,19H2,1H3/t12-,16?/m0/s1. The van der Waals surface area contributed by atoms with E-state index in [4.69, 9.17) is 10.5 Å². The molecule has 2 heterocycles. The normalized spacial score (nSPS) is 18.6. The molecule has 1 aliphatic heterocycles. The Labute approximate surface area is 160 Å². The van der Waals surface area contributed by atoms with Crippen LogP contribution in [-0.2, 0) is 15.4 Å². The van der Waals surface area contributed by atoms with Crippen molar-refractivity contribution in [1.29, 1.82) is 0 Å². The molecule has 0 bridgehead atoms. The Kier molecular flexibility index (Phi) is 6.25. The number of rotatable bonds is 6. The number of aliphatic hydroxyl groups is 1.